The van der Waals surface area contributed by atoms with Crippen LogP contribution in [0.2, 0.25) is 0 Å². The molecule has 0 bridgehead atoms. The van der Waals surface area contributed by atoms with Gasteiger partial charge in [-0.2, -0.15) is 4.31 Å². The second-order valence-electron chi connectivity index (χ2n) is 7.24. The molecule has 2 heterocycles. The third kappa shape index (κ3) is 3.52. The van der Waals surface area contributed by atoms with Gasteiger partial charge in [0.25, 0.3) is 5.91 Å². The maximum Gasteiger partial charge on any atom is 0.258 e. The molecule has 0 N–H and O–H groups in total. The summed E-state index contributed by atoms with van der Waals surface area (Å²) < 4.78 is 38.3. The predicted octanol–water partition coefficient (Wildman–Crippen LogP) is 2.31. The van der Waals surface area contributed by atoms with E-state index in [1.165, 1.54) is 17.5 Å². The van der Waals surface area contributed by atoms with E-state index in [0.29, 0.717) is 18.8 Å². The molecule has 1 saturated heterocycles. The Labute approximate surface area is 170 Å². The smallest absolute Gasteiger partial charge is 0.258 e. The second-order valence-corrected chi connectivity index (χ2v) is 9.15. The molecule has 7 nitrogen and oxygen atoms in total. The summed E-state index contributed by atoms with van der Waals surface area (Å²) in [6.45, 7) is 3.25. The highest BCUT2D eigenvalue weighted by Gasteiger charge is 2.34. The Bertz CT molecular complexity index is 1030. The molecule has 0 radical (unpaired) electrons. The average Bonchev–Trinajstić information content (AvgIpc) is 3.09. The molecule has 8 heteroatoms. The van der Waals surface area contributed by atoms with E-state index in [2.05, 4.69) is 0 Å². The van der Waals surface area contributed by atoms with Gasteiger partial charge in [-0.3, -0.25) is 4.79 Å². The van der Waals surface area contributed by atoms with E-state index < -0.39 is 10.0 Å². The van der Waals surface area contributed by atoms with Crippen molar-refractivity contribution < 1.29 is 22.7 Å². The summed E-state index contributed by atoms with van der Waals surface area (Å²) in [5.74, 6) is 0.00597. The summed E-state index contributed by atoms with van der Waals surface area (Å²) in [5, 5.41) is 0. The minimum atomic E-state index is -3.80. The van der Waals surface area contributed by atoms with E-state index in [4.69, 9.17) is 9.47 Å². The van der Waals surface area contributed by atoms with Crippen molar-refractivity contribution >= 4 is 21.6 Å². The quantitative estimate of drug-likeness (QED) is 0.765. The number of anilines is 1. The van der Waals surface area contributed by atoms with Gasteiger partial charge < -0.3 is 14.4 Å². The van der Waals surface area contributed by atoms with Crippen LogP contribution in [0, 0.1) is 0 Å². The first-order valence-corrected chi connectivity index (χ1v) is 11.0. The highest BCUT2D eigenvalue weighted by atomic mass is 32.2. The Morgan fingerprint density at radius 2 is 1.86 bits per heavy atom. The number of sulfonamides is 1. The first-order chi connectivity index (χ1) is 13.9. The van der Waals surface area contributed by atoms with Crippen molar-refractivity contribution in [1.29, 1.82) is 0 Å². The predicted molar refractivity (Wildman–Crippen MR) is 109 cm³/mol. The van der Waals surface area contributed by atoms with Gasteiger partial charge in [-0.15, -0.1) is 0 Å². The van der Waals surface area contributed by atoms with Gasteiger partial charge in [0.15, 0.2) is 0 Å². The summed E-state index contributed by atoms with van der Waals surface area (Å²) in [6, 6.07) is 12.4. The molecule has 1 atom stereocenters. The summed E-state index contributed by atoms with van der Waals surface area (Å²) in [6.07, 6.45) is 0.775. The van der Waals surface area contributed by atoms with Crippen LogP contribution in [0.5, 0.6) is 5.75 Å². The monoisotopic (exact) mass is 416 g/mol. The van der Waals surface area contributed by atoms with Gasteiger partial charge in [-0.05, 0) is 43.2 Å². The Balaban J connectivity index is 1.73. The average molecular weight is 416 g/mol. The number of rotatable bonds is 4. The fourth-order valence-corrected chi connectivity index (χ4v) is 5.54. The van der Waals surface area contributed by atoms with Crippen LogP contribution < -0.4 is 9.64 Å². The molecule has 4 rings (SSSR count). The van der Waals surface area contributed by atoms with Crippen molar-refractivity contribution in [2.24, 2.45) is 0 Å². The molecule has 1 fully saturated rings. The van der Waals surface area contributed by atoms with E-state index in [0.717, 1.165) is 17.7 Å². The van der Waals surface area contributed by atoms with E-state index in [1.807, 2.05) is 31.2 Å². The molecule has 2 aromatic carbocycles. The number of carbonyl (C=O) groups excluding carboxylic acids is 1. The zero-order valence-corrected chi connectivity index (χ0v) is 17.3. The second kappa shape index (κ2) is 7.78. The number of carbonyl (C=O) groups is 1. The lowest BCUT2D eigenvalue weighted by Crippen LogP contribution is -2.41. The van der Waals surface area contributed by atoms with E-state index in [-0.39, 0.29) is 35.7 Å². The fourth-order valence-electron chi connectivity index (χ4n) is 3.95. The molecule has 0 spiro atoms. The molecule has 29 heavy (non-hydrogen) atoms. The van der Waals surface area contributed by atoms with Crippen molar-refractivity contribution in [2.75, 3.05) is 38.3 Å². The lowest BCUT2D eigenvalue weighted by atomic mass is 10.1. The SMILES string of the molecule is COc1ccc(C(=O)N2c3ccccc3CC2C)cc1S(=O)(=O)N1CCOCC1. The molecule has 0 aliphatic carbocycles. The molecule has 0 saturated carbocycles. The molecule has 0 aromatic heterocycles. The Hall–Kier alpha value is -2.42. The lowest BCUT2D eigenvalue weighted by Gasteiger charge is -2.27. The minimum absolute atomic E-state index is 0.00121. The minimum Gasteiger partial charge on any atom is -0.495 e. The lowest BCUT2D eigenvalue weighted by molar-refractivity contribution is 0.0729. The van der Waals surface area contributed by atoms with Crippen LogP contribution in [-0.2, 0) is 21.2 Å². The Kier molecular flexibility index (Phi) is 5.33. The molecule has 154 valence electrons. The fraction of sp³-hybridized carbons (Fsp3) is 0.381. The number of benzene rings is 2. The van der Waals surface area contributed by atoms with Crippen LogP contribution in [0.4, 0.5) is 5.69 Å². The number of hydrogen-bond donors (Lipinski definition) is 0. The van der Waals surface area contributed by atoms with Gasteiger partial charge in [0.1, 0.15) is 10.6 Å². The molecule has 2 aliphatic rings. The maximum absolute atomic E-state index is 13.3. The molecule has 2 aromatic rings. The van der Waals surface area contributed by atoms with Crippen molar-refractivity contribution in [2.45, 2.75) is 24.3 Å². The van der Waals surface area contributed by atoms with E-state index in [1.54, 1.807) is 17.0 Å². The first-order valence-electron chi connectivity index (χ1n) is 9.61. The normalized spacial score (nSPS) is 19.8. The number of methoxy groups -OCH3 is 1. The molecule has 1 unspecified atom stereocenters. The summed E-state index contributed by atoms with van der Waals surface area (Å²) >= 11 is 0. The molecule has 2 aliphatic heterocycles. The molecular formula is C21H24N2O5S. The number of morpholine rings is 1. The van der Waals surface area contributed by atoms with Gasteiger partial charge >= 0.3 is 0 Å². The topological polar surface area (TPSA) is 76.2 Å². The van der Waals surface area contributed by atoms with Crippen LogP contribution in [-0.4, -0.2) is 58.1 Å². The number of ether oxygens (including phenoxy) is 2. The molecule has 1 amide bonds. The van der Waals surface area contributed by atoms with Gasteiger partial charge in [0, 0.05) is 30.4 Å². The van der Waals surface area contributed by atoms with E-state index in [9.17, 15) is 13.2 Å². The van der Waals surface area contributed by atoms with Gasteiger partial charge in [-0.25, -0.2) is 8.42 Å². The summed E-state index contributed by atoms with van der Waals surface area (Å²) in [7, 11) is -2.38. The zero-order chi connectivity index (χ0) is 20.6. The number of hydrogen-bond acceptors (Lipinski definition) is 5. The maximum atomic E-state index is 13.3. The largest absolute Gasteiger partial charge is 0.495 e. The van der Waals surface area contributed by atoms with Crippen LogP contribution in [0.3, 0.4) is 0 Å². The summed E-state index contributed by atoms with van der Waals surface area (Å²) in [5.41, 5.74) is 2.31. The Morgan fingerprint density at radius 1 is 1.14 bits per heavy atom. The highest BCUT2D eigenvalue weighted by molar-refractivity contribution is 7.89. The summed E-state index contributed by atoms with van der Waals surface area (Å²) in [4.78, 5) is 15.1. The van der Waals surface area contributed by atoms with Crippen molar-refractivity contribution in [3.63, 3.8) is 0 Å². The van der Waals surface area contributed by atoms with Crippen molar-refractivity contribution in [1.82, 2.24) is 4.31 Å². The van der Waals surface area contributed by atoms with Crippen LogP contribution in [0.25, 0.3) is 0 Å². The first kappa shape index (κ1) is 19.9. The third-order valence-corrected chi connectivity index (χ3v) is 7.34. The number of para-hydroxylation sites is 1. The number of fused-ring (bicyclic) bond motifs is 1. The highest BCUT2D eigenvalue weighted by Crippen LogP contribution is 2.34. The van der Waals surface area contributed by atoms with Gasteiger partial charge in [-0.1, -0.05) is 18.2 Å². The van der Waals surface area contributed by atoms with Gasteiger partial charge in [0.05, 0.1) is 20.3 Å². The molecular weight excluding hydrogens is 392 g/mol. The van der Waals surface area contributed by atoms with Crippen LogP contribution in [0.1, 0.15) is 22.8 Å². The number of amides is 1. The standard InChI is InChI=1S/C21H24N2O5S/c1-15-13-16-5-3-4-6-18(16)23(15)21(24)17-7-8-19(27-2)20(14-17)29(25,26)22-9-11-28-12-10-22/h3-8,14-15H,9-13H2,1-2H3. The van der Waals surface area contributed by atoms with E-state index >= 15 is 0 Å². The van der Waals surface area contributed by atoms with Crippen LogP contribution in [0.15, 0.2) is 47.4 Å². The Morgan fingerprint density at radius 3 is 2.59 bits per heavy atom. The zero-order valence-electron chi connectivity index (χ0n) is 16.5. The number of nitrogens with zero attached hydrogens (tertiary/aromatic N) is 2. The third-order valence-electron chi connectivity index (χ3n) is 5.42. The van der Waals surface area contributed by atoms with Crippen LogP contribution >= 0.6 is 0 Å². The van der Waals surface area contributed by atoms with Crippen molar-refractivity contribution in [3.8, 4) is 5.75 Å². The van der Waals surface area contributed by atoms with Crippen molar-refractivity contribution in [3.05, 3.63) is 53.6 Å². The van der Waals surface area contributed by atoms with Gasteiger partial charge in [0.2, 0.25) is 10.0 Å².